The average molecular weight is 229 g/mol. The van der Waals surface area contributed by atoms with E-state index in [1.807, 2.05) is 17.8 Å². The van der Waals surface area contributed by atoms with Crippen molar-refractivity contribution in [2.45, 2.75) is 4.99 Å². The van der Waals surface area contributed by atoms with Gasteiger partial charge in [0.25, 0.3) is 0 Å². The molecule has 0 amide bonds. The highest BCUT2D eigenvalue weighted by atomic mass is 32.2. The molecule has 2 nitrogen and oxygen atoms in total. The van der Waals surface area contributed by atoms with Crippen LogP contribution in [0.2, 0.25) is 0 Å². The normalized spacial score (nSPS) is 13.6. The van der Waals surface area contributed by atoms with E-state index in [2.05, 4.69) is 24.3 Å². The maximum absolute atomic E-state index is 5.49. The van der Waals surface area contributed by atoms with Crippen molar-refractivity contribution in [2.24, 2.45) is 5.73 Å². The van der Waals surface area contributed by atoms with Crippen LogP contribution >= 0.6 is 20.6 Å². The van der Waals surface area contributed by atoms with Gasteiger partial charge in [0.1, 0.15) is 0 Å². The molecule has 78 valence electrons. The van der Waals surface area contributed by atoms with Crippen molar-refractivity contribution in [3.8, 4) is 0 Å². The SMILES string of the molecule is COPC(SCCN)c1ccccc1. The predicted molar refractivity (Wildman–Crippen MR) is 66.0 cm³/mol. The lowest BCUT2D eigenvalue weighted by atomic mass is 10.2. The molecule has 14 heavy (non-hydrogen) atoms. The van der Waals surface area contributed by atoms with Crippen LogP contribution in [0.1, 0.15) is 10.6 Å². The lowest BCUT2D eigenvalue weighted by Gasteiger charge is -2.14. The highest BCUT2D eigenvalue weighted by Gasteiger charge is 2.10. The average Bonchev–Trinajstić information content (AvgIpc) is 2.25. The van der Waals surface area contributed by atoms with Crippen LogP contribution in [-0.2, 0) is 4.52 Å². The van der Waals surface area contributed by atoms with Gasteiger partial charge in [-0.25, -0.2) is 0 Å². The van der Waals surface area contributed by atoms with Gasteiger partial charge in [-0.05, 0) is 5.56 Å². The molecule has 0 fully saturated rings. The van der Waals surface area contributed by atoms with E-state index in [9.17, 15) is 0 Å². The summed E-state index contributed by atoms with van der Waals surface area (Å²) >= 11 is 1.86. The standard InChI is InChI=1S/C10H16NOPS/c1-12-13-10(14-8-7-11)9-5-3-2-4-6-9/h2-6,10,13H,7-8,11H2,1H3. The Bertz CT molecular complexity index is 245. The molecule has 0 heterocycles. The van der Waals surface area contributed by atoms with Crippen LogP contribution in [0.15, 0.2) is 30.3 Å². The maximum Gasteiger partial charge on any atom is 0.0712 e. The molecule has 0 aliphatic heterocycles. The minimum Gasteiger partial charge on any atom is -0.364 e. The van der Waals surface area contributed by atoms with Gasteiger partial charge in [-0.15, -0.1) is 11.8 Å². The first kappa shape index (κ1) is 12.0. The number of hydrogen-bond donors (Lipinski definition) is 1. The summed E-state index contributed by atoms with van der Waals surface area (Å²) in [5.41, 5.74) is 6.82. The third kappa shape index (κ3) is 3.97. The summed E-state index contributed by atoms with van der Waals surface area (Å²) in [7, 11) is 2.25. The molecule has 2 N–H and O–H groups in total. The Morgan fingerprint density at radius 1 is 1.43 bits per heavy atom. The van der Waals surface area contributed by atoms with Crippen molar-refractivity contribution < 1.29 is 4.52 Å². The van der Waals surface area contributed by atoms with Crippen molar-refractivity contribution in [2.75, 3.05) is 19.4 Å². The summed E-state index contributed by atoms with van der Waals surface area (Å²) in [5, 5.41) is 0. The van der Waals surface area contributed by atoms with Gasteiger partial charge < -0.3 is 10.3 Å². The minimum absolute atomic E-state index is 0.435. The van der Waals surface area contributed by atoms with Crippen molar-refractivity contribution >= 4 is 20.6 Å². The fourth-order valence-corrected chi connectivity index (χ4v) is 3.30. The number of rotatable bonds is 6. The second-order valence-electron chi connectivity index (χ2n) is 2.77. The molecule has 0 aliphatic rings. The summed E-state index contributed by atoms with van der Waals surface area (Å²) in [6, 6.07) is 10.4. The van der Waals surface area contributed by atoms with Crippen LogP contribution in [0.4, 0.5) is 0 Å². The largest absolute Gasteiger partial charge is 0.364 e. The topological polar surface area (TPSA) is 35.2 Å². The fraction of sp³-hybridized carbons (Fsp3) is 0.400. The Balaban J connectivity index is 2.58. The van der Waals surface area contributed by atoms with E-state index in [-0.39, 0.29) is 0 Å². The van der Waals surface area contributed by atoms with Crippen LogP contribution in [0.25, 0.3) is 0 Å². The van der Waals surface area contributed by atoms with E-state index >= 15 is 0 Å². The monoisotopic (exact) mass is 229 g/mol. The third-order valence-electron chi connectivity index (χ3n) is 1.73. The molecule has 1 rings (SSSR count). The predicted octanol–water partition coefficient (Wildman–Crippen LogP) is 2.62. The quantitative estimate of drug-likeness (QED) is 0.761. The Labute approximate surface area is 91.5 Å². The molecule has 0 saturated carbocycles. The molecule has 0 bridgehead atoms. The summed E-state index contributed by atoms with van der Waals surface area (Å²) in [6.07, 6.45) is 0. The zero-order valence-corrected chi connectivity index (χ0v) is 10.1. The van der Waals surface area contributed by atoms with E-state index < -0.39 is 0 Å². The number of thioether (sulfide) groups is 1. The van der Waals surface area contributed by atoms with Crippen LogP contribution < -0.4 is 5.73 Å². The van der Waals surface area contributed by atoms with Gasteiger partial charge in [0.2, 0.25) is 0 Å². The fourth-order valence-electron chi connectivity index (χ4n) is 1.12. The van der Waals surface area contributed by atoms with Crippen LogP contribution in [0.3, 0.4) is 0 Å². The molecule has 1 aromatic rings. The molecule has 1 aromatic carbocycles. The summed E-state index contributed by atoms with van der Waals surface area (Å²) < 4.78 is 5.22. The summed E-state index contributed by atoms with van der Waals surface area (Å²) in [4.78, 5) is 0.435. The van der Waals surface area contributed by atoms with Crippen molar-refractivity contribution in [3.63, 3.8) is 0 Å². The highest BCUT2D eigenvalue weighted by Crippen LogP contribution is 2.43. The number of nitrogens with two attached hydrogens (primary N) is 1. The lowest BCUT2D eigenvalue weighted by Crippen LogP contribution is -2.02. The molecule has 0 aliphatic carbocycles. The van der Waals surface area contributed by atoms with Crippen molar-refractivity contribution in [1.82, 2.24) is 0 Å². The zero-order chi connectivity index (χ0) is 10.2. The third-order valence-corrected chi connectivity index (χ3v) is 4.38. The number of hydrogen-bond acceptors (Lipinski definition) is 3. The molecule has 2 unspecified atom stereocenters. The number of benzene rings is 1. The van der Waals surface area contributed by atoms with Gasteiger partial charge >= 0.3 is 0 Å². The Hall–Kier alpha value is -0.0800. The van der Waals surface area contributed by atoms with Crippen LogP contribution in [0, 0.1) is 0 Å². The van der Waals surface area contributed by atoms with E-state index in [0.717, 1.165) is 12.3 Å². The zero-order valence-electron chi connectivity index (χ0n) is 8.27. The van der Waals surface area contributed by atoms with E-state index in [1.165, 1.54) is 5.56 Å². The first-order valence-electron chi connectivity index (χ1n) is 4.53. The molecular formula is C10H16NOPS. The van der Waals surface area contributed by atoms with Crippen molar-refractivity contribution in [1.29, 1.82) is 0 Å². The first-order chi connectivity index (χ1) is 6.88. The molecule has 0 aromatic heterocycles. The van der Waals surface area contributed by atoms with Gasteiger partial charge in [0, 0.05) is 28.2 Å². The maximum atomic E-state index is 5.49. The summed E-state index contributed by atoms with van der Waals surface area (Å²) in [6.45, 7) is 0.724. The highest BCUT2D eigenvalue weighted by molar-refractivity contribution is 8.03. The Kier molecular flexibility index (Phi) is 6.20. The van der Waals surface area contributed by atoms with Gasteiger partial charge in [0.05, 0.1) is 4.99 Å². The van der Waals surface area contributed by atoms with E-state index in [0.29, 0.717) is 13.8 Å². The second kappa shape index (κ2) is 7.24. The molecule has 0 saturated heterocycles. The molecule has 0 radical (unpaired) electrons. The van der Waals surface area contributed by atoms with Crippen LogP contribution in [0.5, 0.6) is 0 Å². The Morgan fingerprint density at radius 3 is 2.71 bits per heavy atom. The first-order valence-corrected chi connectivity index (χ1v) is 6.57. The molecule has 0 spiro atoms. The summed E-state index contributed by atoms with van der Waals surface area (Å²) in [5.74, 6) is 0.982. The lowest BCUT2D eigenvalue weighted by molar-refractivity contribution is 0.474. The second-order valence-corrected chi connectivity index (χ2v) is 5.62. The Morgan fingerprint density at radius 2 is 2.14 bits per heavy atom. The minimum atomic E-state index is 0.435. The van der Waals surface area contributed by atoms with Crippen LogP contribution in [-0.4, -0.2) is 19.4 Å². The van der Waals surface area contributed by atoms with Crippen molar-refractivity contribution in [3.05, 3.63) is 35.9 Å². The van der Waals surface area contributed by atoms with E-state index in [4.69, 9.17) is 10.3 Å². The van der Waals surface area contributed by atoms with E-state index in [1.54, 1.807) is 7.11 Å². The van der Waals surface area contributed by atoms with Gasteiger partial charge in [0.15, 0.2) is 0 Å². The molecular weight excluding hydrogens is 213 g/mol. The molecule has 4 heteroatoms. The van der Waals surface area contributed by atoms with Gasteiger partial charge in [-0.2, -0.15) is 0 Å². The molecule has 2 atom stereocenters. The smallest absolute Gasteiger partial charge is 0.0712 e. The van der Waals surface area contributed by atoms with Gasteiger partial charge in [-0.1, -0.05) is 30.3 Å². The van der Waals surface area contributed by atoms with Gasteiger partial charge in [-0.3, -0.25) is 0 Å².